The second kappa shape index (κ2) is 8.10. The fourth-order valence-electron chi connectivity index (χ4n) is 3.23. The first-order chi connectivity index (χ1) is 14.1. The molecule has 1 amide bonds. The van der Waals surface area contributed by atoms with Crippen LogP contribution in [0.4, 0.5) is 13.2 Å². The molecule has 1 unspecified atom stereocenters. The standard InChI is InChI=1S/C22H24F3N3O2/c1-21(2,3)20(29)28-22(11-4-12-26,14-5-7-15(23)8-6-14)30-19(27-28)17-13-16(24)9-10-18(17)25/h5-10,13H,4,11-12,26H2,1-3H3. The minimum Gasteiger partial charge on any atom is -0.443 e. The SMILES string of the molecule is CC(C)(C)C(=O)N1N=C(c2cc(F)ccc2F)OC1(CCCN)c1ccc(F)cc1. The minimum absolute atomic E-state index is 0.210. The summed E-state index contributed by atoms with van der Waals surface area (Å²) in [5.41, 5.74) is 3.62. The van der Waals surface area contributed by atoms with Gasteiger partial charge in [0, 0.05) is 17.4 Å². The van der Waals surface area contributed by atoms with Gasteiger partial charge in [0.05, 0.1) is 5.56 Å². The van der Waals surface area contributed by atoms with Gasteiger partial charge >= 0.3 is 0 Å². The van der Waals surface area contributed by atoms with Gasteiger partial charge in [0.1, 0.15) is 17.5 Å². The van der Waals surface area contributed by atoms with Gasteiger partial charge in [0.2, 0.25) is 11.6 Å². The Balaban J connectivity index is 2.19. The molecule has 1 heterocycles. The van der Waals surface area contributed by atoms with Crippen LogP contribution in [0.5, 0.6) is 0 Å². The van der Waals surface area contributed by atoms with Crippen LogP contribution in [-0.2, 0) is 15.3 Å². The molecule has 30 heavy (non-hydrogen) atoms. The number of rotatable bonds is 5. The lowest BCUT2D eigenvalue weighted by Gasteiger charge is -2.38. The summed E-state index contributed by atoms with van der Waals surface area (Å²) in [5.74, 6) is -2.50. The molecule has 2 aromatic rings. The molecule has 2 N–H and O–H groups in total. The molecule has 1 atom stereocenters. The highest BCUT2D eigenvalue weighted by molar-refractivity contribution is 5.97. The van der Waals surface area contributed by atoms with Crippen molar-refractivity contribution in [3.63, 3.8) is 0 Å². The van der Waals surface area contributed by atoms with Crippen LogP contribution in [-0.4, -0.2) is 23.4 Å². The van der Waals surface area contributed by atoms with Crippen molar-refractivity contribution in [3.05, 3.63) is 71.0 Å². The zero-order chi connectivity index (χ0) is 22.1. The van der Waals surface area contributed by atoms with E-state index in [9.17, 15) is 18.0 Å². The zero-order valence-electron chi connectivity index (χ0n) is 17.1. The number of nitrogens with zero attached hydrogens (tertiary/aromatic N) is 2. The number of hydrogen-bond donors (Lipinski definition) is 1. The lowest BCUT2D eigenvalue weighted by Crippen LogP contribution is -2.49. The minimum atomic E-state index is -1.47. The molecular weight excluding hydrogens is 395 g/mol. The summed E-state index contributed by atoms with van der Waals surface area (Å²) in [6.45, 7) is 5.44. The maximum atomic E-state index is 14.4. The molecule has 0 radical (unpaired) electrons. The molecule has 2 aromatic carbocycles. The molecule has 0 bridgehead atoms. The van der Waals surface area contributed by atoms with E-state index in [0.717, 1.165) is 23.2 Å². The van der Waals surface area contributed by atoms with Gasteiger partial charge in [-0.25, -0.2) is 13.2 Å². The highest BCUT2D eigenvalue weighted by Gasteiger charge is 2.51. The fourth-order valence-corrected chi connectivity index (χ4v) is 3.23. The normalized spacial score (nSPS) is 18.9. The highest BCUT2D eigenvalue weighted by Crippen LogP contribution is 2.43. The van der Waals surface area contributed by atoms with Crippen molar-refractivity contribution in [3.8, 4) is 0 Å². The Morgan fingerprint density at radius 3 is 2.33 bits per heavy atom. The summed E-state index contributed by atoms with van der Waals surface area (Å²) in [5, 5.41) is 5.42. The van der Waals surface area contributed by atoms with Crippen LogP contribution in [0.25, 0.3) is 0 Å². The number of benzene rings is 2. The summed E-state index contributed by atoms with van der Waals surface area (Å²) < 4.78 is 47.9. The summed E-state index contributed by atoms with van der Waals surface area (Å²) in [4.78, 5) is 13.3. The summed E-state index contributed by atoms with van der Waals surface area (Å²) >= 11 is 0. The van der Waals surface area contributed by atoms with Crippen LogP contribution >= 0.6 is 0 Å². The molecule has 8 heteroatoms. The van der Waals surface area contributed by atoms with Crippen molar-refractivity contribution in [2.75, 3.05) is 6.54 Å². The van der Waals surface area contributed by atoms with E-state index < -0.39 is 34.5 Å². The predicted molar refractivity (Wildman–Crippen MR) is 107 cm³/mol. The highest BCUT2D eigenvalue weighted by atomic mass is 19.1. The molecule has 0 aliphatic carbocycles. The Kier molecular flexibility index (Phi) is 5.90. The Bertz CT molecular complexity index is 971. The summed E-state index contributed by atoms with van der Waals surface area (Å²) in [7, 11) is 0. The predicted octanol–water partition coefficient (Wildman–Crippen LogP) is 4.26. The van der Waals surface area contributed by atoms with E-state index in [-0.39, 0.29) is 17.9 Å². The van der Waals surface area contributed by atoms with Crippen LogP contribution < -0.4 is 5.73 Å². The molecule has 0 fully saturated rings. The van der Waals surface area contributed by atoms with Crippen LogP contribution in [0, 0.1) is 22.9 Å². The van der Waals surface area contributed by atoms with Crippen LogP contribution in [0.15, 0.2) is 47.6 Å². The third-order valence-corrected chi connectivity index (χ3v) is 4.81. The van der Waals surface area contributed by atoms with Gasteiger partial charge in [-0.05, 0) is 43.3 Å². The quantitative estimate of drug-likeness (QED) is 0.787. The largest absolute Gasteiger partial charge is 0.443 e. The first-order valence-electron chi connectivity index (χ1n) is 9.62. The zero-order valence-corrected chi connectivity index (χ0v) is 17.1. The van der Waals surface area contributed by atoms with E-state index >= 15 is 0 Å². The van der Waals surface area contributed by atoms with Gasteiger partial charge in [0.15, 0.2) is 0 Å². The summed E-state index contributed by atoms with van der Waals surface area (Å²) in [6.07, 6.45) is 0.667. The van der Waals surface area contributed by atoms with Gasteiger partial charge in [-0.1, -0.05) is 32.9 Å². The number of ether oxygens (including phenoxy) is 1. The third kappa shape index (κ3) is 4.05. The molecule has 1 aliphatic rings. The van der Waals surface area contributed by atoms with E-state index in [1.807, 2.05) is 0 Å². The molecule has 160 valence electrons. The lowest BCUT2D eigenvalue weighted by molar-refractivity contribution is -0.161. The van der Waals surface area contributed by atoms with Crippen molar-refractivity contribution in [2.24, 2.45) is 16.3 Å². The first kappa shape index (κ1) is 21.8. The Labute approximate surface area is 173 Å². The number of halogens is 3. The number of hydrogen-bond acceptors (Lipinski definition) is 4. The van der Waals surface area contributed by atoms with Crippen molar-refractivity contribution in [1.82, 2.24) is 5.01 Å². The van der Waals surface area contributed by atoms with Crippen molar-refractivity contribution in [1.29, 1.82) is 0 Å². The second-order valence-electron chi connectivity index (χ2n) is 8.18. The van der Waals surface area contributed by atoms with Crippen molar-refractivity contribution < 1.29 is 22.7 Å². The van der Waals surface area contributed by atoms with Crippen LogP contribution in [0.1, 0.15) is 44.7 Å². The average molecular weight is 419 g/mol. The number of amides is 1. The smallest absolute Gasteiger partial charge is 0.251 e. The number of nitrogens with two attached hydrogens (primary N) is 1. The number of hydrazone groups is 1. The van der Waals surface area contributed by atoms with E-state index in [1.54, 1.807) is 20.8 Å². The van der Waals surface area contributed by atoms with E-state index in [1.165, 1.54) is 24.3 Å². The monoisotopic (exact) mass is 419 g/mol. The number of carbonyl (C=O) groups excluding carboxylic acids is 1. The molecule has 3 rings (SSSR count). The molecule has 0 saturated heterocycles. The third-order valence-electron chi connectivity index (χ3n) is 4.81. The van der Waals surface area contributed by atoms with Gasteiger partial charge in [-0.3, -0.25) is 4.79 Å². The lowest BCUT2D eigenvalue weighted by atomic mass is 9.91. The van der Waals surface area contributed by atoms with Crippen molar-refractivity contribution >= 4 is 11.8 Å². The van der Waals surface area contributed by atoms with Gasteiger partial charge < -0.3 is 10.5 Å². The molecule has 5 nitrogen and oxygen atoms in total. The van der Waals surface area contributed by atoms with E-state index in [2.05, 4.69) is 5.10 Å². The van der Waals surface area contributed by atoms with Crippen molar-refractivity contribution in [2.45, 2.75) is 39.3 Å². The van der Waals surface area contributed by atoms with Crippen LogP contribution in [0.3, 0.4) is 0 Å². The summed E-state index contributed by atoms with van der Waals surface area (Å²) in [6, 6.07) is 8.34. The Hall–Kier alpha value is -2.87. The molecular formula is C22H24F3N3O2. The number of carbonyl (C=O) groups is 1. The topological polar surface area (TPSA) is 67.9 Å². The average Bonchev–Trinajstić information content (AvgIpc) is 3.07. The van der Waals surface area contributed by atoms with Gasteiger partial charge in [0.25, 0.3) is 5.91 Å². The maximum Gasteiger partial charge on any atom is 0.251 e. The maximum absolute atomic E-state index is 14.4. The Morgan fingerprint density at radius 1 is 1.10 bits per heavy atom. The van der Waals surface area contributed by atoms with E-state index in [0.29, 0.717) is 18.5 Å². The fraction of sp³-hybridized carbons (Fsp3) is 0.364. The second-order valence-corrected chi connectivity index (χ2v) is 8.18. The molecule has 1 aliphatic heterocycles. The molecule has 0 aromatic heterocycles. The molecule has 0 spiro atoms. The van der Waals surface area contributed by atoms with Gasteiger partial charge in [-0.15, -0.1) is 5.10 Å². The van der Waals surface area contributed by atoms with E-state index in [4.69, 9.17) is 10.5 Å². The first-order valence-corrected chi connectivity index (χ1v) is 9.62. The van der Waals surface area contributed by atoms with Crippen LogP contribution in [0.2, 0.25) is 0 Å². The van der Waals surface area contributed by atoms with Gasteiger partial charge in [-0.2, -0.15) is 5.01 Å². The molecule has 0 saturated carbocycles. The Morgan fingerprint density at radius 2 is 1.73 bits per heavy atom.